The number of nitrogens with one attached hydrogen (secondary N) is 2. The van der Waals surface area contributed by atoms with E-state index in [2.05, 4.69) is 19.5 Å². The molecule has 2 rings (SSSR count). The molecule has 0 heterocycles. The number of methoxy groups -OCH3 is 3. The second kappa shape index (κ2) is 9.27. The molecule has 0 radical (unpaired) electrons. The summed E-state index contributed by atoms with van der Waals surface area (Å²) >= 11 is 0. The average molecular weight is 436 g/mol. The summed E-state index contributed by atoms with van der Waals surface area (Å²) in [5, 5.41) is 2.53. The normalized spacial score (nSPS) is 10.7. The lowest BCUT2D eigenvalue weighted by Gasteiger charge is -2.15. The molecule has 0 aliphatic carbocycles. The van der Waals surface area contributed by atoms with E-state index in [4.69, 9.17) is 4.74 Å². The molecule has 0 spiro atoms. The second-order valence-corrected chi connectivity index (χ2v) is 7.55. The molecule has 2 N–H and O–H groups in total. The lowest BCUT2D eigenvalue weighted by molar-refractivity contribution is -0.114. The van der Waals surface area contributed by atoms with E-state index in [9.17, 15) is 22.8 Å². The molecular weight excluding hydrogens is 416 g/mol. The van der Waals surface area contributed by atoms with Crippen LogP contribution in [0.25, 0.3) is 0 Å². The van der Waals surface area contributed by atoms with Crippen molar-refractivity contribution >= 4 is 39.2 Å². The summed E-state index contributed by atoms with van der Waals surface area (Å²) in [4.78, 5) is 34.7. The molecule has 0 bridgehead atoms. The van der Waals surface area contributed by atoms with Crippen molar-refractivity contribution in [2.75, 3.05) is 31.4 Å². The van der Waals surface area contributed by atoms with E-state index in [1.165, 1.54) is 38.3 Å². The lowest BCUT2D eigenvalue weighted by Crippen LogP contribution is -2.19. The van der Waals surface area contributed by atoms with Crippen molar-refractivity contribution in [3.05, 3.63) is 47.5 Å². The van der Waals surface area contributed by atoms with Gasteiger partial charge in [0.1, 0.15) is 10.6 Å². The SMILES string of the molecule is COC(=O)c1ccc(C(=O)OC)c(S(=O)(=O)Nc2cc(NC(C)=O)ccc2OC)c1. The maximum atomic E-state index is 13.1. The first kappa shape index (κ1) is 22.7. The van der Waals surface area contributed by atoms with E-state index in [1.807, 2.05) is 0 Å². The van der Waals surface area contributed by atoms with Gasteiger partial charge in [-0.05, 0) is 36.4 Å². The van der Waals surface area contributed by atoms with Crippen LogP contribution in [0.1, 0.15) is 27.6 Å². The Morgan fingerprint density at radius 3 is 2.13 bits per heavy atom. The third kappa shape index (κ3) is 5.06. The molecule has 0 saturated carbocycles. The molecule has 0 aromatic heterocycles. The zero-order valence-corrected chi connectivity index (χ0v) is 17.5. The van der Waals surface area contributed by atoms with E-state index in [0.29, 0.717) is 5.69 Å². The molecule has 0 atom stereocenters. The molecule has 2 aromatic carbocycles. The minimum absolute atomic E-state index is 0.00281. The van der Waals surface area contributed by atoms with Crippen molar-refractivity contribution in [2.45, 2.75) is 11.8 Å². The molecule has 0 aliphatic rings. The van der Waals surface area contributed by atoms with Crippen molar-refractivity contribution in [1.29, 1.82) is 0 Å². The number of anilines is 2. The maximum absolute atomic E-state index is 13.1. The number of sulfonamides is 1. The van der Waals surface area contributed by atoms with Crippen molar-refractivity contribution < 1.29 is 37.0 Å². The average Bonchev–Trinajstić information content (AvgIpc) is 2.71. The first-order valence-corrected chi connectivity index (χ1v) is 9.90. The molecule has 0 saturated heterocycles. The van der Waals surface area contributed by atoms with Crippen LogP contribution in [0.4, 0.5) is 11.4 Å². The minimum atomic E-state index is -4.39. The highest BCUT2D eigenvalue weighted by Gasteiger charge is 2.26. The summed E-state index contributed by atoms with van der Waals surface area (Å²) in [6.07, 6.45) is 0. The predicted octanol–water partition coefficient (Wildman–Crippen LogP) is 2.03. The van der Waals surface area contributed by atoms with Crippen LogP contribution in [0, 0.1) is 0 Å². The van der Waals surface area contributed by atoms with Crippen molar-refractivity contribution in [1.82, 2.24) is 0 Å². The van der Waals surface area contributed by atoms with Gasteiger partial charge >= 0.3 is 11.9 Å². The van der Waals surface area contributed by atoms with Gasteiger partial charge in [0.2, 0.25) is 5.91 Å². The molecule has 11 heteroatoms. The number of benzene rings is 2. The summed E-state index contributed by atoms with van der Waals surface area (Å²) in [6.45, 7) is 1.30. The van der Waals surface area contributed by atoms with Crippen molar-refractivity contribution in [3.8, 4) is 5.75 Å². The maximum Gasteiger partial charge on any atom is 0.339 e. The molecule has 30 heavy (non-hydrogen) atoms. The topological polar surface area (TPSA) is 137 Å². The number of rotatable bonds is 7. The van der Waals surface area contributed by atoms with Gasteiger partial charge in [-0.25, -0.2) is 18.0 Å². The predicted molar refractivity (Wildman–Crippen MR) is 107 cm³/mol. The third-order valence-corrected chi connectivity index (χ3v) is 5.27. The summed E-state index contributed by atoms with van der Waals surface area (Å²) < 4.78 is 42.9. The Bertz CT molecular complexity index is 1100. The first-order valence-electron chi connectivity index (χ1n) is 8.42. The fourth-order valence-corrected chi connectivity index (χ4v) is 3.82. The van der Waals surface area contributed by atoms with Crippen LogP contribution in [0.5, 0.6) is 5.75 Å². The largest absolute Gasteiger partial charge is 0.495 e. The Morgan fingerprint density at radius 1 is 0.900 bits per heavy atom. The Balaban J connectivity index is 2.59. The van der Waals surface area contributed by atoms with Crippen LogP contribution in [0.2, 0.25) is 0 Å². The molecule has 0 aliphatic heterocycles. The van der Waals surface area contributed by atoms with Gasteiger partial charge in [0.05, 0.1) is 38.1 Å². The van der Waals surface area contributed by atoms with Gasteiger partial charge in [-0.2, -0.15) is 0 Å². The highest BCUT2D eigenvalue weighted by molar-refractivity contribution is 7.92. The molecule has 160 valence electrons. The highest BCUT2D eigenvalue weighted by Crippen LogP contribution is 2.31. The van der Waals surface area contributed by atoms with Gasteiger partial charge in [-0.3, -0.25) is 9.52 Å². The van der Waals surface area contributed by atoms with Gasteiger partial charge in [-0.1, -0.05) is 0 Å². The van der Waals surface area contributed by atoms with E-state index < -0.39 is 26.9 Å². The number of hydrogen-bond acceptors (Lipinski definition) is 8. The molecular formula is C19H20N2O8S. The lowest BCUT2D eigenvalue weighted by atomic mass is 10.1. The quantitative estimate of drug-likeness (QED) is 0.629. The molecule has 2 aromatic rings. The number of esters is 2. The van der Waals surface area contributed by atoms with Gasteiger partial charge in [0.25, 0.3) is 10.0 Å². The van der Waals surface area contributed by atoms with Gasteiger partial charge in [0.15, 0.2) is 0 Å². The molecule has 0 fully saturated rings. The fraction of sp³-hybridized carbons (Fsp3) is 0.211. The van der Waals surface area contributed by atoms with Gasteiger partial charge in [0, 0.05) is 12.6 Å². The highest BCUT2D eigenvalue weighted by atomic mass is 32.2. The second-order valence-electron chi connectivity index (χ2n) is 5.90. The Hall–Kier alpha value is -3.60. The number of ether oxygens (including phenoxy) is 3. The zero-order valence-electron chi connectivity index (χ0n) is 16.6. The van der Waals surface area contributed by atoms with Crippen LogP contribution >= 0.6 is 0 Å². The number of carbonyl (C=O) groups excluding carboxylic acids is 3. The molecule has 0 unspecified atom stereocenters. The zero-order chi connectivity index (χ0) is 22.5. The van der Waals surface area contributed by atoms with E-state index in [-0.39, 0.29) is 28.5 Å². The van der Waals surface area contributed by atoms with E-state index in [0.717, 1.165) is 26.4 Å². The Morgan fingerprint density at radius 2 is 1.57 bits per heavy atom. The van der Waals surface area contributed by atoms with Crippen LogP contribution in [0.3, 0.4) is 0 Å². The van der Waals surface area contributed by atoms with Crippen LogP contribution in [-0.2, 0) is 24.3 Å². The van der Waals surface area contributed by atoms with Gasteiger partial charge < -0.3 is 19.5 Å². The first-order chi connectivity index (χ1) is 14.1. The Kier molecular flexibility index (Phi) is 7.01. The number of amides is 1. The van der Waals surface area contributed by atoms with Crippen LogP contribution in [-0.4, -0.2) is 47.6 Å². The third-order valence-electron chi connectivity index (χ3n) is 3.86. The standard InChI is InChI=1S/C19H20N2O8S/c1-11(22)20-13-6-8-16(27-2)15(10-13)21-30(25,26)17-9-12(18(23)28-3)5-7-14(17)19(24)29-4/h5-10,21H,1-4H3,(H,20,22). The number of carbonyl (C=O) groups is 3. The monoisotopic (exact) mass is 436 g/mol. The van der Waals surface area contributed by atoms with Crippen molar-refractivity contribution in [2.24, 2.45) is 0 Å². The smallest absolute Gasteiger partial charge is 0.339 e. The minimum Gasteiger partial charge on any atom is -0.495 e. The number of hydrogen-bond donors (Lipinski definition) is 2. The summed E-state index contributed by atoms with van der Waals surface area (Å²) in [7, 11) is -0.818. The van der Waals surface area contributed by atoms with E-state index >= 15 is 0 Å². The molecule has 1 amide bonds. The van der Waals surface area contributed by atoms with Crippen LogP contribution < -0.4 is 14.8 Å². The molecule has 10 nitrogen and oxygen atoms in total. The summed E-state index contributed by atoms with van der Waals surface area (Å²) in [6, 6.07) is 7.72. The fourth-order valence-electron chi connectivity index (χ4n) is 2.54. The van der Waals surface area contributed by atoms with Crippen LogP contribution in [0.15, 0.2) is 41.3 Å². The Labute approximate surface area is 173 Å². The van der Waals surface area contributed by atoms with E-state index in [1.54, 1.807) is 0 Å². The van der Waals surface area contributed by atoms with Gasteiger partial charge in [-0.15, -0.1) is 0 Å². The summed E-state index contributed by atoms with van der Waals surface area (Å²) in [5.74, 6) is -1.89. The summed E-state index contributed by atoms with van der Waals surface area (Å²) in [5.41, 5.74) is -0.0420. The van der Waals surface area contributed by atoms with Crippen molar-refractivity contribution in [3.63, 3.8) is 0 Å².